The average molecular weight is 418 g/mol. The lowest BCUT2D eigenvalue weighted by Crippen LogP contribution is -2.27. The summed E-state index contributed by atoms with van der Waals surface area (Å²) in [4.78, 5) is 29.9. The third kappa shape index (κ3) is 4.63. The number of thiophene rings is 1. The van der Waals surface area contributed by atoms with Crippen molar-refractivity contribution in [3.05, 3.63) is 51.1 Å². The van der Waals surface area contributed by atoms with E-state index in [1.165, 1.54) is 23.1 Å². The van der Waals surface area contributed by atoms with Gasteiger partial charge in [0.15, 0.2) is 5.16 Å². The van der Waals surface area contributed by atoms with Gasteiger partial charge in [-0.05, 0) is 55.0 Å². The fourth-order valence-electron chi connectivity index (χ4n) is 2.71. The lowest BCUT2D eigenvalue weighted by atomic mass is 10.1. The number of carbonyl (C=O) groups is 1. The Morgan fingerprint density at radius 3 is 2.86 bits per heavy atom. The van der Waals surface area contributed by atoms with Crippen molar-refractivity contribution < 1.29 is 9.53 Å². The highest BCUT2D eigenvalue weighted by atomic mass is 32.2. The highest BCUT2D eigenvalue weighted by molar-refractivity contribution is 7.99. The van der Waals surface area contributed by atoms with Crippen LogP contribution in [-0.2, 0) is 9.53 Å². The number of hydrogen-bond acceptors (Lipinski definition) is 6. The molecule has 0 unspecified atom stereocenters. The zero-order valence-corrected chi connectivity index (χ0v) is 17.8. The first-order valence-corrected chi connectivity index (χ1v) is 10.8. The largest absolute Gasteiger partial charge is 0.385 e. The van der Waals surface area contributed by atoms with Gasteiger partial charge in [0.2, 0.25) is 5.91 Å². The molecule has 2 heterocycles. The smallest absolute Gasteiger partial charge is 0.276 e. The Hall–Kier alpha value is -2.16. The Labute approximate surface area is 171 Å². The van der Waals surface area contributed by atoms with Crippen molar-refractivity contribution in [2.45, 2.75) is 25.4 Å². The second-order valence-electron chi connectivity index (χ2n) is 6.42. The molecular formula is C20H23N3O3S2. The predicted molar refractivity (Wildman–Crippen MR) is 115 cm³/mol. The van der Waals surface area contributed by atoms with Gasteiger partial charge >= 0.3 is 0 Å². The Morgan fingerprint density at radius 1 is 1.29 bits per heavy atom. The maximum Gasteiger partial charge on any atom is 0.276 e. The van der Waals surface area contributed by atoms with Crippen LogP contribution in [-0.4, -0.2) is 41.5 Å². The van der Waals surface area contributed by atoms with Gasteiger partial charge in [0, 0.05) is 20.3 Å². The molecule has 1 N–H and O–H groups in total. The number of nitrogens with zero attached hydrogens (tertiary/aromatic N) is 2. The van der Waals surface area contributed by atoms with Crippen molar-refractivity contribution in [2.75, 3.05) is 26.0 Å². The van der Waals surface area contributed by atoms with Crippen LogP contribution in [0.3, 0.4) is 0 Å². The number of thioether (sulfide) groups is 1. The first-order valence-electron chi connectivity index (χ1n) is 8.97. The minimum Gasteiger partial charge on any atom is -0.385 e. The van der Waals surface area contributed by atoms with Crippen LogP contribution < -0.4 is 10.9 Å². The minimum absolute atomic E-state index is 0.0904. The fraction of sp³-hybridized carbons (Fsp3) is 0.350. The summed E-state index contributed by atoms with van der Waals surface area (Å²) in [6.45, 7) is 5.22. The van der Waals surface area contributed by atoms with Crippen LogP contribution in [0.5, 0.6) is 0 Å². The van der Waals surface area contributed by atoms with Crippen molar-refractivity contribution in [3.63, 3.8) is 0 Å². The first-order chi connectivity index (χ1) is 13.5. The van der Waals surface area contributed by atoms with E-state index in [0.29, 0.717) is 28.5 Å². The van der Waals surface area contributed by atoms with E-state index >= 15 is 0 Å². The molecule has 0 aliphatic rings. The van der Waals surface area contributed by atoms with E-state index < -0.39 is 0 Å². The zero-order chi connectivity index (χ0) is 20.1. The first kappa shape index (κ1) is 20.6. The van der Waals surface area contributed by atoms with Gasteiger partial charge in [-0.2, -0.15) is 0 Å². The van der Waals surface area contributed by atoms with Crippen molar-refractivity contribution in [1.29, 1.82) is 0 Å². The highest BCUT2D eigenvalue weighted by Gasteiger charge is 2.16. The van der Waals surface area contributed by atoms with Gasteiger partial charge in [0.05, 0.1) is 17.0 Å². The van der Waals surface area contributed by atoms with E-state index in [1.54, 1.807) is 11.7 Å². The van der Waals surface area contributed by atoms with Gasteiger partial charge in [-0.15, -0.1) is 11.3 Å². The number of nitrogens with one attached hydrogen (secondary N) is 1. The summed E-state index contributed by atoms with van der Waals surface area (Å²) in [5, 5.41) is 5.24. The third-order valence-corrected chi connectivity index (χ3v) is 6.21. The van der Waals surface area contributed by atoms with Crippen LogP contribution in [0.25, 0.3) is 15.9 Å². The molecule has 0 radical (unpaired) electrons. The van der Waals surface area contributed by atoms with Crippen LogP contribution in [0.2, 0.25) is 0 Å². The second kappa shape index (κ2) is 9.36. The molecule has 0 saturated heterocycles. The molecule has 8 heteroatoms. The molecule has 0 spiro atoms. The molecule has 2 aromatic heterocycles. The number of benzene rings is 1. The molecule has 3 aromatic rings. The van der Waals surface area contributed by atoms with E-state index in [9.17, 15) is 9.59 Å². The summed E-state index contributed by atoms with van der Waals surface area (Å²) in [5.41, 5.74) is 3.58. The van der Waals surface area contributed by atoms with Gasteiger partial charge in [-0.1, -0.05) is 17.8 Å². The number of ether oxygens (including phenoxy) is 1. The van der Waals surface area contributed by atoms with E-state index in [1.807, 2.05) is 43.5 Å². The lowest BCUT2D eigenvalue weighted by Gasteiger charge is -2.13. The number of rotatable bonds is 8. The van der Waals surface area contributed by atoms with Crippen LogP contribution in [0, 0.1) is 13.8 Å². The number of aromatic nitrogens is 2. The normalized spacial score (nSPS) is 11.1. The summed E-state index contributed by atoms with van der Waals surface area (Å²) < 4.78 is 7.20. The quantitative estimate of drug-likeness (QED) is 0.346. The maximum absolute atomic E-state index is 13.1. The second-order valence-corrected chi connectivity index (χ2v) is 8.28. The number of fused-ring (bicyclic) bond motifs is 1. The van der Waals surface area contributed by atoms with Crippen molar-refractivity contribution >= 4 is 39.2 Å². The molecular weight excluding hydrogens is 394 g/mol. The minimum atomic E-state index is -0.105. The number of methoxy groups -OCH3 is 1. The van der Waals surface area contributed by atoms with E-state index in [0.717, 1.165) is 23.2 Å². The van der Waals surface area contributed by atoms with Gasteiger partial charge < -0.3 is 10.1 Å². The van der Waals surface area contributed by atoms with Crippen LogP contribution in [0.4, 0.5) is 0 Å². The molecule has 0 fully saturated rings. The Morgan fingerprint density at radius 2 is 2.11 bits per heavy atom. The van der Waals surface area contributed by atoms with Gasteiger partial charge in [0.25, 0.3) is 5.56 Å². The highest BCUT2D eigenvalue weighted by Crippen LogP contribution is 2.24. The van der Waals surface area contributed by atoms with Crippen molar-refractivity contribution in [1.82, 2.24) is 14.9 Å². The lowest BCUT2D eigenvalue weighted by molar-refractivity contribution is -0.118. The molecule has 0 bridgehead atoms. The van der Waals surface area contributed by atoms with E-state index in [4.69, 9.17) is 4.74 Å². The third-order valence-electron chi connectivity index (χ3n) is 4.38. The predicted octanol–water partition coefficient (Wildman–Crippen LogP) is 3.31. The van der Waals surface area contributed by atoms with Crippen molar-refractivity contribution in [3.8, 4) is 5.69 Å². The standard InChI is InChI=1S/C20H23N3O3S2/c1-13-5-6-15(11-14(13)2)23-19(25)18-16(7-10-27-18)22-20(23)28-12-17(24)21-8-4-9-26-3/h5-7,10-11H,4,8-9,12H2,1-3H3,(H,21,24). The topological polar surface area (TPSA) is 73.2 Å². The molecule has 3 rings (SSSR count). The molecule has 0 saturated carbocycles. The molecule has 0 atom stereocenters. The van der Waals surface area contributed by atoms with Gasteiger partial charge in [-0.3, -0.25) is 14.2 Å². The van der Waals surface area contributed by atoms with Gasteiger partial charge in [0.1, 0.15) is 4.70 Å². The summed E-state index contributed by atoms with van der Waals surface area (Å²) >= 11 is 2.65. The van der Waals surface area contributed by atoms with Crippen LogP contribution in [0.15, 0.2) is 39.6 Å². The number of carbonyl (C=O) groups excluding carboxylic acids is 1. The number of aryl methyl sites for hydroxylation is 2. The molecule has 148 valence electrons. The summed E-state index contributed by atoms with van der Waals surface area (Å²) in [5.74, 6) is 0.104. The molecule has 1 aromatic carbocycles. The summed E-state index contributed by atoms with van der Waals surface area (Å²) in [6.07, 6.45) is 0.763. The molecule has 0 aliphatic carbocycles. The Balaban J connectivity index is 1.89. The summed E-state index contributed by atoms with van der Waals surface area (Å²) in [6, 6.07) is 7.72. The van der Waals surface area contributed by atoms with Crippen molar-refractivity contribution in [2.24, 2.45) is 0 Å². The Kier molecular flexibility index (Phi) is 6.88. The molecule has 1 amide bonds. The van der Waals surface area contributed by atoms with Crippen LogP contribution in [0.1, 0.15) is 17.5 Å². The maximum atomic E-state index is 13.1. The molecule has 0 aliphatic heterocycles. The molecule has 28 heavy (non-hydrogen) atoms. The zero-order valence-electron chi connectivity index (χ0n) is 16.2. The van der Waals surface area contributed by atoms with E-state index in [-0.39, 0.29) is 17.2 Å². The van der Waals surface area contributed by atoms with E-state index in [2.05, 4.69) is 10.3 Å². The number of amides is 1. The summed E-state index contributed by atoms with van der Waals surface area (Å²) in [7, 11) is 1.63. The SMILES string of the molecule is COCCCNC(=O)CSc1nc2ccsc2c(=O)n1-c1ccc(C)c(C)c1. The van der Waals surface area contributed by atoms with Gasteiger partial charge in [-0.25, -0.2) is 4.98 Å². The Bertz CT molecular complexity index is 1040. The molecule has 6 nitrogen and oxygen atoms in total. The fourth-order valence-corrected chi connectivity index (χ4v) is 4.31. The monoisotopic (exact) mass is 417 g/mol. The van der Waals surface area contributed by atoms with Crippen LogP contribution >= 0.6 is 23.1 Å². The number of hydrogen-bond donors (Lipinski definition) is 1. The average Bonchev–Trinajstić information content (AvgIpc) is 3.15.